The molecule has 0 amide bonds. The number of anilines is 1. The minimum atomic E-state index is -0.653. The number of hydrogen-bond donors (Lipinski definition) is 1. The molecule has 0 atom stereocenters. The minimum Gasteiger partial charge on any atom is -0.461 e. The summed E-state index contributed by atoms with van der Waals surface area (Å²) in [7, 11) is 0. The number of halogens is 2. The highest BCUT2D eigenvalue weighted by Gasteiger charge is 2.26. The third-order valence-corrected chi connectivity index (χ3v) is 3.77. The third-order valence-electron chi connectivity index (χ3n) is 3.03. The number of ether oxygens (including phenoxy) is 1. The molecule has 0 fully saturated rings. The molecule has 3 aromatic rings. The summed E-state index contributed by atoms with van der Waals surface area (Å²) >= 11 is 12.0. The van der Waals surface area contributed by atoms with E-state index in [1.54, 1.807) is 25.1 Å². The van der Waals surface area contributed by atoms with E-state index in [1.165, 1.54) is 4.68 Å². The van der Waals surface area contributed by atoms with Crippen LogP contribution >= 0.6 is 23.2 Å². The van der Waals surface area contributed by atoms with E-state index in [0.29, 0.717) is 15.6 Å². The van der Waals surface area contributed by atoms with E-state index < -0.39 is 5.97 Å². The Balaban J connectivity index is 2.23. The van der Waals surface area contributed by atoms with Crippen LogP contribution in [0.1, 0.15) is 17.4 Å². The fourth-order valence-corrected chi connectivity index (χ4v) is 2.31. The van der Waals surface area contributed by atoms with Crippen LogP contribution in [0.3, 0.4) is 0 Å². The lowest BCUT2D eigenvalue weighted by Crippen LogP contribution is -2.08. The summed E-state index contributed by atoms with van der Waals surface area (Å²) in [4.78, 5) is 12.2. The number of rotatable bonds is 4. The highest BCUT2D eigenvalue weighted by atomic mass is 35.5. The monoisotopic (exact) mass is 368 g/mol. The van der Waals surface area contributed by atoms with E-state index in [4.69, 9.17) is 33.7 Å². The van der Waals surface area contributed by atoms with Crippen LogP contribution in [-0.4, -0.2) is 37.9 Å². The van der Waals surface area contributed by atoms with Crippen LogP contribution in [0.5, 0.6) is 0 Å². The quantitative estimate of drug-likeness (QED) is 0.696. The lowest BCUT2D eigenvalue weighted by Gasteiger charge is -2.07. The molecule has 9 nitrogen and oxygen atoms in total. The molecule has 24 heavy (non-hydrogen) atoms. The van der Waals surface area contributed by atoms with Crippen molar-refractivity contribution in [3.05, 3.63) is 33.9 Å². The topological polar surface area (TPSA) is 122 Å². The molecule has 11 heteroatoms. The van der Waals surface area contributed by atoms with Gasteiger partial charge in [0.1, 0.15) is 5.69 Å². The highest BCUT2D eigenvalue weighted by molar-refractivity contribution is 6.42. The average Bonchev–Trinajstić information content (AvgIpc) is 3.16. The van der Waals surface area contributed by atoms with Gasteiger partial charge in [-0.1, -0.05) is 34.5 Å². The number of benzene rings is 1. The van der Waals surface area contributed by atoms with Gasteiger partial charge in [-0.3, -0.25) is 0 Å². The number of carbonyl (C=O) groups excluding carboxylic acids is 1. The Kier molecular flexibility index (Phi) is 4.36. The molecule has 0 radical (unpaired) electrons. The molecule has 0 saturated heterocycles. The molecule has 0 saturated carbocycles. The SMILES string of the molecule is CCOC(=O)c1nnn(-c2nonc2N)c1-c1ccc(Cl)c(Cl)c1. The first-order valence-corrected chi connectivity index (χ1v) is 7.45. The highest BCUT2D eigenvalue weighted by Crippen LogP contribution is 2.31. The van der Waals surface area contributed by atoms with Crippen molar-refractivity contribution < 1.29 is 14.2 Å². The van der Waals surface area contributed by atoms with Gasteiger partial charge in [0.25, 0.3) is 0 Å². The van der Waals surface area contributed by atoms with Gasteiger partial charge in [0.05, 0.1) is 16.7 Å². The zero-order valence-corrected chi connectivity index (χ0v) is 13.7. The summed E-state index contributed by atoms with van der Waals surface area (Å²) in [5, 5.41) is 15.6. The van der Waals surface area contributed by atoms with Crippen LogP contribution in [0.15, 0.2) is 22.8 Å². The predicted octanol–water partition coefficient (Wildman–Crippen LogP) is 2.38. The summed E-state index contributed by atoms with van der Waals surface area (Å²) in [6.07, 6.45) is 0. The van der Waals surface area contributed by atoms with Crippen LogP contribution in [0, 0.1) is 0 Å². The van der Waals surface area contributed by atoms with Crippen molar-refractivity contribution >= 4 is 35.0 Å². The Morgan fingerprint density at radius 3 is 2.75 bits per heavy atom. The zero-order chi connectivity index (χ0) is 17.3. The van der Waals surface area contributed by atoms with E-state index in [0.717, 1.165) is 0 Å². The fourth-order valence-electron chi connectivity index (χ4n) is 2.01. The van der Waals surface area contributed by atoms with Crippen molar-refractivity contribution in [2.45, 2.75) is 6.92 Å². The van der Waals surface area contributed by atoms with Crippen LogP contribution < -0.4 is 5.73 Å². The van der Waals surface area contributed by atoms with Gasteiger partial charge in [0, 0.05) is 5.56 Å². The van der Waals surface area contributed by atoms with Crippen LogP contribution in [-0.2, 0) is 4.74 Å². The van der Waals surface area contributed by atoms with Crippen molar-refractivity contribution in [1.82, 2.24) is 25.3 Å². The molecule has 2 N–H and O–H groups in total. The molecule has 2 heterocycles. The van der Waals surface area contributed by atoms with Crippen LogP contribution in [0.2, 0.25) is 10.0 Å². The summed E-state index contributed by atoms with van der Waals surface area (Å²) < 4.78 is 10.8. The van der Waals surface area contributed by atoms with Gasteiger partial charge >= 0.3 is 5.97 Å². The van der Waals surface area contributed by atoms with Gasteiger partial charge in [-0.2, -0.15) is 4.68 Å². The van der Waals surface area contributed by atoms with E-state index in [9.17, 15) is 4.79 Å². The first-order valence-electron chi connectivity index (χ1n) is 6.69. The van der Waals surface area contributed by atoms with Crippen molar-refractivity contribution in [2.75, 3.05) is 12.3 Å². The zero-order valence-electron chi connectivity index (χ0n) is 12.2. The maximum Gasteiger partial charge on any atom is 0.361 e. The van der Waals surface area contributed by atoms with Gasteiger partial charge in [0.15, 0.2) is 5.69 Å². The third kappa shape index (κ3) is 2.79. The Labute approximate surface area is 145 Å². The van der Waals surface area contributed by atoms with E-state index >= 15 is 0 Å². The number of nitrogens with two attached hydrogens (primary N) is 1. The number of aromatic nitrogens is 5. The summed E-state index contributed by atoms with van der Waals surface area (Å²) in [5.41, 5.74) is 6.45. The van der Waals surface area contributed by atoms with E-state index in [1.807, 2.05) is 0 Å². The van der Waals surface area contributed by atoms with E-state index in [2.05, 4.69) is 25.3 Å². The summed E-state index contributed by atoms with van der Waals surface area (Å²) in [5.74, 6) is -0.587. The van der Waals surface area contributed by atoms with Crippen LogP contribution in [0.4, 0.5) is 5.82 Å². The lowest BCUT2D eigenvalue weighted by molar-refractivity contribution is 0.0520. The Hall–Kier alpha value is -2.65. The summed E-state index contributed by atoms with van der Waals surface area (Å²) in [6, 6.07) is 4.79. The number of carbonyl (C=O) groups is 1. The molecular formula is C13H10Cl2N6O3. The molecule has 0 aliphatic rings. The smallest absolute Gasteiger partial charge is 0.361 e. The Morgan fingerprint density at radius 2 is 2.12 bits per heavy atom. The number of nitrogens with zero attached hydrogens (tertiary/aromatic N) is 5. The van der Waals surface area contributed by atoms with Crippen LogP contribution in [0.25, 0.3) is 17.1 Å². The Bertz CT molecular complexity index is 907. The van der Waals surface area contributed by atoms with Gasteiger partial charge < -0.3 is 10.5 Å². The second-order valence-corrected chi connectivity index (χ2v) is 5.34. The molecule has 0 spiro atoms. The molecule has 0 aliphatic carbocycles. The van der Waals surface area contributed by atoms with Crippen molar-refractivity contribution in [3.63, 3.8) is 0 Å². The molecule has 1 aromatic carbocycles. The minimum absolute atomic E-state index is 0.0170. The van der Waals surface area contributed by atoms with E-state index in [-0.39, 0.29) is 29.6 Å². The second-order valence-electron chi connectivity index (χ2n) is 4.52. The lowest BCUT2D eigenvalue weighted by atomic mass is 10.1. The number of nitrogen functional groups attached to an aromatic ring is 1. The number of esters is 1. The maximum atomic E-state index is 12.2. The largest absolute Gasteiger partial charge is 0.461 e. The van der Waals surface area contributed by atoms with Gasteiger partial charge in [-0.05, 0) is 29.4 Å². The maximum absolute atomic E-state index is 12.2. The van der Waals surface area contributed by atoms with Crippen molar-refractivity contribution in [3.8, 4) is 17.1 Å². The Morgan fingerprint density at radius 1 is 1.33 bits per heavy atom. The van der Waals surface area contributed by atoms with Gasteiger partial charge in [-0.25, -0.2) is 9.42 Å². The molecule has 3 rings (SSSR count). The molecule has 0 bridgehead atoms. The average molecular weight is 369 g/mol. The number of hydrogen-bond acceptors (Lipinski definition) is 8. The second kappa shape index (κ2) is 6.46. The molecule has 0 unspecified atom stereocenters. The first kappa shape index (κ1) is 16.2. The first-order chi connectivity index (χ1) is 11.5. The molecule has 124 valence electrons. The standard InChI is InChI=1S/C13H10Cl2N6O3/c1-2-23-13(22)9-10(6-3-4-7(14)8(15)5-6)21(20-17-9)12-11(16)18-24-19-12/h3-5H,2H2,1H3,(H2,16,18). The fraction of sp³-hybridized carbons (Fsp3) is 0.154. The summed E-state index contributed by atoms with van der Waals surface area (Å²) in [6.45, 7) is 1.86. The normalized spacial score (nSPS) is 10.8. The van der Waals surface area contributed by atoms with Crippen molar-refractivity contribution in [1.29, 1.82) is 0 Å². The molecular weight excluding hydrogens is 359 g/mol. The molecule has 0 aliphatic heterocycles. The van der Waals surface area contributed by atoms with Crippen molar-refractivity contribution in [2.24, 2.45) is 0 Å². The van der Waals surface area contributed by atoms with Gasteiger partial charge in [-0.15, -0.1) is 5.10 Å². The molecule has 2 aromatic heterocycles. The van der Waals surface area contributed by atoms with Gasteiger partial charge in [0.2, 0.25) is 11.6 Å². The predicted molar refractivity (Wildman–Crippen MR) is 85.0 cm³/mol.